The van der Waals surface area contributed by atoms with Crippen molar-refractivity contribution in [3.63, 3.8) is 0 Å². The van der Waals surface area contributed by atoms with Gasteiger partial charge in [-0.3, -0.25) is 4.90 Å². The van der Waals surface area contributed by atoms with Crippen molar-refractivity contribution in [2.45, 2.75) is 62.8 Å². The fourth-order valence-electron chi connectivity index (χ4n) is 4.06. The predicted molar refractivity (Wildman–Crippen MR) is 90.4 cm³/mol. The molecule has 0 unspecified atom stereocenters. The third kappa shape index (κ3) is 2.98. The highest BCUT2D eigenvalue weighted by Crippen LogP contribution is 2.45. The Kier molecular flexibility index (Phi) is 3.64. The first-order chi connectivity index (χ1) is 12.2. The Morgan fingerprint density at radius 2 is 1.84 bits per heavy atom. The second-order valence-electron chi connectivity index (χ2n) is 7.74. The van der Waals surface area contributed by atoms with E-state index in [0.29, 0.717) is 31.5 Å². The van der Waals surface area contributed by atoms with Gasteiger partial charge in [-0.15, -0.1) is 10.2 Å². The van der Waals surface area contributed by atoms with Crippen molar-refractivity contribution in [2.75, 3.05) is 6.54 Å². The molecule has 6 heteroatoms. The van der Waals surface area contributed by atoms with Gasteiger partial charge in [0.2, 0.25) is 0 Å². The second-order valence-corrected chi connectivity index (χ2v) is 7.74. The summed E-state index contributed by atoms with van der Waals surface area (Å²) in [7, 11) is 0. The van der Waals surface area contributed by atoms with E-state index >= 15 is 0 Å². The monoisotopic (exact) mass is 342 g/mol. The second kappa shape index (κ2) is 5.88. The predicted octanol–water partition coefficient (Wildman–Crippen LogP) is 2.94. The maximum absolute atomic E-state index is 13.2. The standard InChI is InChI=1S/C19H23FN4O/c20-14-5-3-12(4-6-14)17-9-16(25)10-23(17)11-18-21-22-19(13-1-2-13)24(18)15-7-8-15/h3-6,13,15-17,25H,1-2,7-11H2/t16-,17+/m0/s1. The number of hydrogen-bond acceptors (Lipinski definition) is 4. The first kappa shape index (κ1) is 15.5. The van der Waals surface area contributed by atoms with Crippen LogP contribution < -0.4 is 0 Å². The van der Waals surface area contributed by atoms with E-state index in [1.54, 1.807) is 0 Å². The zero-order valence-electron chi connectivity index (χ0n) is 14.2. The quantitative estimate of drug-likeness (QED) is 0.908. The van der Waals surface area contributed by atoms with Crippen LogP contribution in [0.15, 0.2) is 24.3 Å². The summed E-state index contributed by atoms with van der Waals surface area (Å²) in [5.74, 6) is 2.55. The normalized spacial score (nSPS) is 27.1. The minimum Gasteiger partial charge on any atom is -0.392 e. The lowest BCUT2D eigenvalue weighted by Gasteiger charge is -2.24. The molecule has 1 aliphatic heterocycles. The van der Waals surface area contributed by atoms with Crippen LogP contribution >= 0.6 is 0 Å². The summed E-state index contributed by atoms with van der Waals surface area (Å²) < 4.78 is 15.6. The number of benzene rings is 1. The molecule has 2 aliphatic carbocycles. The van der Waals surface area contributed by atoms with Crippen LogP contribution in [-0.2, 0) is 6.54 Å². The van der Waals surface area contributed by atoms with Gasteiger partial charge in [0.25, 0.3) is 0 Å². The number of β-amino-alcohol motifs (C(OH)–C–C–N with tert-alkyl or cyclic N) is 1. The van der Waals surface area contributed by atoms with Crippen molar-refractivity contribution >= 4 is 0 Å². The summed E-state index contributed by atoms with van der Waals surface area (Å²) >= 11 is 0. The number of nitrogens with zero attached hydrogens (tertiary/aromatic N) is 4. The minimum atomic E-state index is -0.352. The van der Waals surface area contributed by atoms with Gasteiger partial charge in [0.15, 0.2) is 0 Å². The Morgan fingerprint density at radius 1 is 1.08 bits per heavy atom. The van der Waals surface area contributed by atoms with Crippen LogP contribution in [0.2, 0.25) is 0 Å². The van der Waals surface area contributed by atoms with Crippen LogP contribution in [0.3, 0.4) is 0 Å². The molecule has 0 spiro atoms. The van der Waals surface area contributed by atoms with Crippen LogP contribution in [0.25, 0.3) is 0 Å². The van der Waals surface area contributed by atoms with E-state index < -0.39 is 0 Å². The average Bonchev–Trinajstić information content (AvgIpc) is 3.53. The molecule has 1 N–H and O–H groups in total. The molecule has 1 aromatic carbocycles. The van der Waals surface area contributed by atoms with E-state index in [9.17, 15) is 9.50 Å². The third-order valence-corrected chi connectivity index (χ3v) is 5.63. The molecule has 0 bridgehead atoms. The van der Waals surface area contributed by atoms with E-state index in [-0.39, 0.29) is 18.0 Å². The fraction of sp³-hybridized carbons (Fsp3) is 0.579. The molecule has 3 aliphatic rings. The van der Waals surface area contributed by atoms with Crippen molar-refractivity contribution in [1.29, 1.82) is 0 Å². The van der Waals surface area contributed by atoms with E-state index in [2.05, 4.69) is 19.7 Å². The summed E-state index contributed by atoms with van der Waals surface area (Å²) in [6, 6.07) is 7.31. The molecular formula is C19H23FN4O. The molecule has 5 nitrogen and oxygen atoms in total. The van der Waals surface area contributed by atoms with Gasteiger partial charge < -0.3 is 9.67 Å². The lowest BCUT2D eigenvalue weighted by atomic mass is 10.0. The summed E-state index contributed by atoms with van der Waals surface area (Å²) in [4.78, 5) is 2.26. The molecule has 132 valence electrons. The SMILES string of the molecule is O[C@H]1C[C@H](c2ccc(F)cc2)N(Cc2nnc(C3CC3)n2C2CC2)C1. The molecule has 2 atom stereocenters. The zero-order chi connectivity index (χ0) is 17.0. The summed E-state index contributed by atoms with van der Waals surface area (Å²) in [6.07, 6.45) is 5.22. The third-order valence-electron chi connectivity index (χ3n) is 5.63. The highest BCUT2D eigenvalue weighted by Gasteiger charge is 2.38. The van der Waals surface area contributed by atoms with Crippen LogP contribution in [0, 0.1) is 5.82 Å². The highest BCUT2D eigenvalue weighted by atomic mass is 19.1. The highest BCUT2D eigenvalue weighted by molar-refractivity contribution is 5.22. The average molecular weight is 342 g/mol. The van der Waals surface area contributed by atoms with Gasteiger partial charge in [-0.2, -0.15) is 0 Å². The Labute approximate surface area is 146 Å². The van der Waals surface area contributed by atoms with Crippen molar-refractivity contribution < 1.29 is 9.50 Å². The molecule has 1 saturated heterocycles. The van der Waals surface area contributed by atoms with Crippen LogP contribution in [-0.4, -0.2) is 37.4 Å². The Hall–Kier alpha value is -1.79. The summed E-state index contributed by atoms with van der Waals surface area (Å²) in [5.41, 5.74) is 1.05. The molecule has 3 fully saturated rings. The number of aliphatic hydroxyl groups is 1. The first-order valence-electron chi connectivity index (χ1n) is 9.30. The number of hydrogen-bond donors (Lipinski definition) is 1. The molecule has 2 heterocycles. The lowest BCUT2D eigenvalue weighted by Crippen LogP contribution is -2.26. The molecule has 0 radical (unpaired) electrons. The molecule has 2 saturated carbocycles. The van der Waals surface area contributed by atoms with Gasteiger partial charge >= 0.3 is 0 Å². The molecule has 1 aromatic heterocycles. The number of halogens is 1. The summed E-state index contributed by atoms with van der Waals surface area (Å²) in [6.45, 7) is 1.31. The fourth-order valence-corrected chi connectivity index (χ4v) is 4.06. The van der Waals surface area contributed by atoms with Crippen molar-refractivity contribution in [3.8, 4) is 0 Å². The molecular weight excluding hydrogens is 319 g/mol. The van der Waals surface area contributed by atoms with Crippen molar-refractivity contribution in [3.05, 3.63) is 47.3 Å². The molecule has 5 rings (SSSR count). The van der Waals surface area contributed by atoms with E-state index in [1.165, 1.54) is 37.8 Å². The van der Waals surface area contributed by atoms with Gasteiger partial charge in [0, 0.05) is 24.5 Å². The zero-order valence-corrected chi connectivity index (χ0v) is 14.2. The number of aromatic nitrogens is 3. The largest absolute Gasteiger partial charge is 0.392 e. The van der Waals surface area contributed by atoms with E-state index in [0.717, 1.165) is 17.2 Å². The smallest absolute Gasteiger partial charge is 0.147 e. The molecule has 0 amide bonds. The Morgan fingerprint density at radius 3 is 2.52 bits per heavy atom. The summed E-state index contributed by atoms with van der Waals surface area (Å²) in [5, 5.41) is 19.2. The molecule has 25 heavy (non-hydrogen) atoms. The van der Waals surface area contributed by atoms with Gasteiger partial charge in [-0.1, -0.05) is 12.1 Å². The minimum absolute atomic E-state index is 0.101. The first-order valence-corrected chi connectivity index (χ1v) is 9.30. The van der Waals surface area contributed by atoms with Crippen molar-refractivity contribution in [1.82, 2.24) is 19.7 Å². The number of rotatable bonds is 5. The van der Waals surface area contributed by atoms with E-state index in [4.69, 9.17) is 0 Å². The van der Waals surface area contributed by atoms with Gasteiger partial charge in [-0.25, -0.2) is 4.39 Å². The Balaban J connectivity index is 1.41. The number of likely N-dealkylation sites (tertiary alicyclic amines) is 1. The maximum Gasteiger partial charge on any atom is 0.147 e. The molecule has 2 aromatic rings. The van der Waals surface area contributed by atoms with Gasteiger partial charge in [0.05, 0.1) is 12.6 Å². The maximum atomic E-state index is 13.2. The Bertz CT molecular complexity index is 766. The lowest BCUT2D eigenvalue weighted by molar-refractivity contribution is 0.170. The van der Waals surface area contributed by atoms with Crippen LogP contribution in [0.4, 0.5) is 4.39 Å². The van der Waals surface area contributed by atoms with E-state index in [1.807, 2.05) is 12.1 Å². The van der Waals surface area contributed by atoms with Gasteiger partial charge in [-0.05, 0) is 49.8 Å². The van der Waals surface area contributed by atoms with Crippen LogP contribution in [0.1, 0.15) is 67.3 Å². The van der Waals surface area contributed by atoms with Crippen molar-refractivity contribution in [2.24, 2.45) is 0 Å². The topological polar surface area (TPSA) is 54.2 Å². The van der Waals surface area contributed by atoms with Crippen LogP contribution in [0.5, 0.6) is 0 Å². The number of aliphatic hydroxyl groups excluding tert-OH is 1. The van der Waals surface area contributed by atoms with Gasteiger partial charge in [0.1, 0.15) is 17.5 Å².